The molecule has 0 saturated heterocycles. The van der Waals surface area contributed by atoms with E-state index in [1.807, 2.05) is 0 Å². The highest BCUT2D eigenvalue weighted by Crippen LogP contribution is 2.33. The molecule has 1 saturated carbocycles. The van der Waals surface area contributed by atoms with Crippen LogP contribution in [0.4, 0.5) is 0 Å². The van der Waals surface area contributed by atoms with Crippen LogP contribution < -0.4 is 0 Å². The molecule has 0 heterocycles. The van der Waals surface area contributed by atoms with E-state index in [9.17, 15) is 0 Å². The fourth-order valence-corrected chi connectivity index (χ4v) is 0.932. The zero-order chi connectivity index (χ0) is 7.56. The largest absolute Gasteiger partial charge is 0.634 e. The molecule has 58 valence electrons. The van der Waals surface area contributed by atoms with Crippen molar-refractivity contribution in [3.05, 3.63) is 0 Å². The molecule has 0 unspecified atom stereocenters. The maximum Gasteiger partial charge on any atom is 0.634 e. The Balaban J connectivity index is 2.02. The van der Waals surface area contributed by atoms with Crippen LogP contribution in [0, 0.1) is 5.92 Å². The lowest BCUT2D eigenvalue weighted by molar-refractivity contribution is 0.135. The monoisotopic (exact) mass is 146 g/mol. The smallest absolute Gasteiger partial charge is 0.402 e. The van der Waals surface area contributed by atoms with Crippen molar-refractivity contribution in [3.63, 3.8) is 0 Å². The molecule has 1 aliphatic rings. The van der Waals surface area contributed by atoms with Crippen LogP contribution in [0.15, 0.2) is 0 Å². The molecule has 2 N–H and O–H groups in total. The summed E-state index contributed by atoms with van der Waals surface area (Å²) in [6.45, 7) is 0.636. The fraction of sp³-hybridized carbons (Fsp3) is 1.00. The first-order valence-electron chi connectivity index (χ1n) is 3.24. The van der Waals surface area contributed by atoms with E-state index in [4.69, 9.17) is 14.8 Å². The molecular weight excluding hydrogens is 135 g/mol. The fourth-order valence-electron chi connectivity index (χ4n) is 0.932. The second-order valence-electron chi connectivity index (χ2n) is 2.45. The Morgan fingerprint density at radius 1 is 1.60 bits per heavy atom. The molecule has 0 radical (unpaired) electrons. The Morgan fingerprint density at radius 2 is 2.30 bits per heavy atom. The van der Waals surface area contributed by atoms with Crippen molar-refractivity contribution in [2.24, 2.45) is 5.92 Å². The van der Waals surface area contributed by atoms with E-state index in [2.05, 4.69) is 4.65 Å². The Bertz CT molecular complexity index is 108. The van der Waals surface area contributed by atoms with E-state index in [1.54, 1.807) is 7.11 Å². The summed E-state index contributed by atoms with van der Waals surface area (Å²) in [7, 11) is -0.0167. The average Bonchev–Trinajstić information content (AvgIpc) is 2.47. The highest BCUT2D eigenvalue weighted by molar-refractivity contribution is 6.32. The Hall–Kier alpha value is -0.0951. The third kappa shape index (κ3) is 2.26. The van der Waals surface area contributed by atoms with Crippen LogP contribution in [0.25, 0.3) is 0 Å². The van der Waals surface area contributed by atoms with Gasteiger partial charge in [-0.1, -0.05) is 0 Å². The summed E-state index contributed by atoms with van der Waals surface area (Å²) in [6, 6.07) is 0. The average molecular weight is 146 g/mol. The molecule has 0 aromatic carbocycles. The maximum atomic E-state index is 8.34. The molecule has 10 heavy (non-hydrogen) atoms. The number of methoxy groups -OCH3 is 1. The molecule has 4 nitrogen and oxygen atoms in total. The van der Waals surface area contributed by atoms with Gasteiger partial charge in [-0.3, -0.25) is 0 Å². The summed E-state index contributed by atoms with van der Waals surface area (Å²) in [5.74, 6) is 0.354. The molecule has 5 heteroatoms. The standard InChI is InChI=1S/C5H11BO4/c1-9-3-4-2-5(4)10-6(7)8/h4-5,7-8H,2-3H2,1H3/t4-,5+/m0/s1. The van der Waals surface area contributed by atoms with Gasteiger partial charge in [0, 0.05) is 13.0 Å². The van der Waals surface area contributed by atoms with E-state index in [-0.39, 0.29) is 6.10 Å². The number of ether oxygens (including phenoxy) is 1. The molecule has 0 aromatic heterocycles. The van der Waals surface area contributed by atoms with Crippen molar-refractivity contribution in [2.75, 3.05) is 13.7 Å². The Morgan fingerprint density at radius 3 is 2.80 bits per heavy atom. The van der Waals surface area contributed by atoms with Gasteiger partial charge in [0.25, 0.3) is 0 Å². The lowest BCUT2D eigenvalue weighted by Gasteiger charge is -1.99. The summed E-state index contributed by atoms with van der Waals surface area (Å²) in [4.78, 5) is 0. The quantitative estimate of drug-likeness (QED) is 0.499. The molecule has 2 atom stereocenters. The van der Waals surface area contributed by atoms with Gasteiger partial charge in [0.15, 0.2) is 0 Å². The van der Waals surface area contributed by atoms with Crippen molar-refractivity contribution in [3.8, 4) is 0 Å². The molecule has 0 aliphatic heterocycles. The predicted octanol–water partition coefficient (Wildman–Crippen LogP) is -0.993. The number of hydrogen-bond donors (Lipinski definition) is 2. The minimum Gasteiger partial charge on any atom is -0.402 e. The van der Waals surface area contributed by atoms with E-state index in [0.29, 0.717) is 12.5 Å². The topological polar surface area (TPSA) is 58.9 Å². The minimum absolute atomic E-state index is 0.0139. The van der Waals surface area contributed by atoms with Crippen LogP contribution in [-0.2, 0) is 9.39 Å². The van der Waals surface area contributed by atoms with Crippen LogP contribution in [0.2, 0.25) is 0 Å². The summed E-state index contributed by atoms with van der Waals surface area (Å²) < 4.78 is 9.49. The van der Waals surface area contributed by atoms with Crippen LogP contribution >= 0.6 is 0 Å². The summed E-state index contributed by atoms with van der Waals surface area (Å²) in [5, 5.41) is 16.7. The van der Waals surface area contributed by atoms with Crippen molar-refractivity contribution in [1.29, 1.82) is 0 Å². The van der Waals surface area contributed by atoms with Gasteiger partial charge < -0.3 is 19.4 Å². The van der Waals surface area contributed by atoms with E-state index < -0.39 is 7.32 Å². The minimum atomic E-state index is -1.63. The lowest BCUT2D eigenvalue weighted by atomic mass is 10.2. The van der Waals surface area contributed by atoms with Crippen molar-refractivity contribution in [1.82, 2.24) is 0 Å². The SMILES string of the molecule is COC[C@@H]1C[C@H]1OB(O)O. The normalized spacial score (nSPS) is 30.3. The molecular formula is C5H11BO4. The van der Waals surface area contributed by atoms with Gasteiger partial charge in [-0.25, -0.2) is 0 Å². The van der Waals surface area contributed by atoms with Crippen molar-refractivity contribution < 1.29 is 19.4 Å². The van der Waals surface area contributed by atoms with Gasteiger partial charge >= 0.3 is 7.32 Å². The highest BCUT2D eigenvalue weighted by atomic mass is 16.6. The van der Waals surface area contributed by atoms with Crippen LogP contribution in [-0.4, -0.2) is 37.2 Å². The predicted molar refractivity (Wildman–Crippen MR) is 35.0 cm³/mol. The highest BCUT2D eigenvalue weighted by Gasteiger charge is 2.40. The van der Waals surface area contributed by atoms with Gasteiger partial charge in [-0.15, -0.1) is 0 Å². The number of rotatable bonds is 4. The van der Waals surface area contributed by atoms with Crippen molar-refractivity contribution >= 4 is 7.32 Å². The third-order valence-electron chi connectivity index (χ3n) is 1.53. The molecule has 0 bridgehead atoms. The molecule has 0 amide bonds. The first-order valence-corrected chi connectivity index (χ1v) is 3.24. The van der Waals surface area contributed by atoms with E-state index >= 15 is 0 Å². The molecule has 0 aromatic rings. The first-order chi connectivity index (χ1) is 4.74. The van der Waals surface area contributed by atoms with Crippen LogP contribution in [0.1, 0.15) is 6.42 Å². The lowest BCUT2D eigenvalue weighted by Crippen LogP contribution is -2.19. The van der Waals surface area contributed by atoms with E-state index in [1.165, 1.54) is 0 Å². The van der Waals surface area contributed by atoms with Gasteiger partial charge in [-0.2, -0.15) is 0 Å². The summed E-state index contributed by atoms with van der Waals surface area (Å²) in [6.07, 6.45) is 0.853. The zero-order valence-corrected chi connectivity index (χ0v) is 5.86. The maximum absolute atomic E-state index is 8.34. The third-order valence-corrected chi connectivity index (χ3v) is 1.53. The molecule has 1 rings (SSSR count). The Labute approximate surface area is 59.9 Å². The summed E-state index contributed by atoms with van der Waals surface area (Å²) in [5.41, 5.74) is 0. The van der Waals surface area contributed by atoms with Gasteiger partial charge in [0.1, 0.15) is 0 Å². The first kappa shape index (κ1) is 8.01. The summed E-state index contributed by atoms with van der Waals surface area (Å²) >= 11 is 0. The van der Waals surface area contributed by atoms with Crippen LogP contribution in [0.3, 0.4) is 0 Å². The Kier molecular flexibility index (Phi) is 2.68. The van der Waals surface area contributed by atoms with Gasteiger partial charge in [0.05, 0.1) is 12.7 Å². The van der Waals surface area contributed by atoms with Gasteiger partial charge in [0.2, 0.25) is 0 Å². The van der Waals surface area contributed by atoms with E-state index in [0.717, 1.165) is 6.42 Å². The molecule has 1 fully saturated rings. The van der Waals surface area contributed by atoms with Gasteiger partial charge in [-0.05, 0) is 6.42 Å². The molecule has 0 spiro atoms. The van der Waals surface area contributed by atoms with Crippen LogP contribution in [0.5, 0.6) is 0 Å². The number of hydrogen-bond acceptors (Lipinski definition) is 4. The zero-order valence-electron chi connectivity index (χ0n) is 5.86. The second-order valence-corrected chi connectivity index (χ2v) is 2.45. The van der Waals surface area contributed by atoms with Crippen molar-refractivity contribution in [2.45, 2.75) is 12.5 Å². The second kappa shape index (κ2) is 3.34. The molecule has 1 aliphatic carbocycles.